The summed E-state index contributed by atoms with van der Waals surface area (Å²) in [6.07, 6.45) is -0.197. The van der Waals surface area contributed by atoms with Gasteiger partial charge in [0.05, 0.1) is 19.8 Å². The van der Waals surface area contributed by atoms with E-state index >= 15 is 0 Å². The van der Waals surface area contributed by atoms with Crippen molar-refractivity contribution in [3.05, 3.63) is 65.7 Å². The summed E-state index contributed by atoms with van der Waals surface area (Å²) in [6.45, 7) is 6.49. The number of rotatable bonds is 7. The molecule has 0 aliphatic carbocycles. The van der Waals surface area contributed by atoms with Crippen LogP contribution in [-0.4, -0.2) is 37.5 Å². The lowest BCUT2D eigenvalue weighted by atomic mass is 10.2. The molecule has 4 nitrogen and oxygen atoms in total. The van der Waals surface area contributed by atoms with Gasteiger partial charge >= 0.3 is 0 Å². The summed E-state index contributed by atoms with van der Waals surface area (Å²) in [4.78, 5) is 2.37. The van der Waals surface area contributed by atoms with Gasteiger partial charge in [0.25, 0.3) is 0 Å². The van der Waals surface area contributed by atoms with Gasteiger partial charge in [0, 0.05) is 25.2 Å². The largest absolute Gasteiger partial charge is 0.494 e. The highest BCUT2D eigenvalue weighted by atomic mass is 35.5. The number of morpholine rings is 1. The second-order valence-corrected chi connectivity index (χ2v) is 5.87. The first-order valence-corrected chi connectivity index (χ1v) is 8.55. The van der Waals surface area contributed by atoms with Gasteiger partial charge in [0.1, 0.15) is 5.75 Å². The molecule has 1 saturated heterocycles. The third-order valence-corrected chi connectivity index (χ3v) is 4.06. The van der Waals surface area contributed by atoms with E-state index in [-0.39, 0.29) is 18.7 Å². The molecule has 136 valence electrons. The summed E-state index contributed by atoms with van der Waals surface area (Å²) in [6, 6.07) is 18.5. The van der Waals surface area contributed by atoms with Crippen LogP contribution in [0.3, 0.4) is 0 Å². The average molecular weight is 364 g/mol. The molecule has 1 aliphatic heterocycles. The van der Waals surface area contributed by atoms with Crippen LogP contribution in [-0.2, 0) is 22.6 Å². The van der Waals surface area contributed by atoms with Gasteiger partial charge in [-0.25, -0.2) is 0 Å². The topological polar surface area (TPSA) is 30.9 Å². The molecular weight excluding hydrogens is 338 g/mol. The van der Waals surface area contributed by atoms with Crippen molar-refractivity contribution in [1.29, 1.82) is 0 Å². The molecule has 3 rings (SSSR count). The molecule has 2 aromatic carbocycles. The molecule has 0 radical (unpaired) electrons. The van der Waals surface area contributed by atoms with Gasteiger partial charge in [-0.1, -0.05) is 48.5 Å². The van der Waals surface area contributed by atoms with E-state index in [9.17, 15) is 0 Å². The molecule has 1 fully saturated rings. The highest BCUT2D eigenvalue weighted by Gasteiger charge is 2.21. The number of benzene rings is 2. The Bertz CT molecular complexity index is 623. The number of hydrogen-bond donors (Lipinski definition) is 0. The standard InChI is InChI=1S/C20H25NO3.ClH/c1-2-22-19-11-7-6-10-18(19)16-24-20-15-21(12-13-23-20)14-17-8-4-3-5-9-17;/h3-11,20H,2,12-16H2,1H3;1H. The Morgan fingerprint density at radius 1 is 1.08 bits per heavy atom. The van der Waals surface area contributed by atoms with Crippen molar-refractivity contribution < 1.29 is 14.2 Å². The minimum Gasteiger partial charge on any atom is -0.494 e. The molecule has 2 aromatic rings. The highest BCUT2D eigenvalue weighted by Crippen LogP contribution is 2.20. The zero-order valence-corrected chi connectivity index (χ0v) is 15.4. The normalized spacial score (nSPS) is 17.7. The van der Waals surface area contributed by atoms with E-state index in [1.165, 1.54) is 5.56 Å². The van der Waals surface area contributed by atoms with Gasteiger partial charge in [0.15, 0.2) is 6.29 Å². The molecule has 1 heterocycles. The van der Waals surface area contributed by atoms with Crippen molar-refractivity contribution in [3.63, 3.8) is 0 Å². The summed E-state index contributed by atoms with van der Waals surface area (Å²) in [7, 11) is 0. The monoisotopic (exact) mass is 363 g/mol. The van der Waals surface area contributed by atoms with Crippen LogP contribution < -0.4 is 4.74 Å². The smallest absolute Gasteiger partial charge is 0.170 e. The minimum atomic E-state index is -0.197. The van der Waals surface area contributed by atoms with Crippen LogP contribution in [0.4, 0.5) is 0 Å². The fourth-order valence-electron chi connectivity index (χ4n) is 2.86. The fourth-order valence-corrected chi connectivity index (χ4v) is 2.86. The van der Waals surface area contributed by atoms with Crippen LogP contribution in [0.5, 0.6) is 5.75 Å². The maximum absolute atomic E-state index is 5.98. The van der Waals surface area contributed by atoms with Crippen molar-refractivity contribution in [2.24, 2.45) is 0 Å². The summed E-state index contributed by atoms with van der Waals surface area (Å²) in [5, 5.41) is 0. The van der Waals surface area contributed by atoms with Crippen LogP contribution in [0, 0.1) is 0 Å². The van der Waals surface area contributed by atoms with Crippen LogP contribution in [0.25, 0.3) is 0 Å². The van der Waals surface area contributed by atoms with E-state index in [4.69, 9.17) is 14.2 Å². The third-order valence-electron chi connectivity index (χ3n) is 4.06. The van der Waals surface area contributed by atoms with Gasteiger partial charge in [-0.2, -0.15) is 0 Å². The van der Waals surface area contributed by atoms with Gasteiger partial charge in [0.2, 0.25) is 0 Å². The Hall–Kier alpha value is -1.59. The van der Waals surface area contributed by atoms with E-state index in [1.54, 1.807) is 0 Å². The predicted octanol–water partition coefficient (Wildman–Crippen LogP) is 3.88. The zero-order chi connectivity index (χ0) is 16.6. The number of ether oxygens (including phenoxy) is 3. The molecule has 0 saturated carbocycles. The number of nitrogens with zero attached hydrogens (tertiary/aromatic N) is 1. The van der Waals surface area contributed by atoms with Gasteiger partial charge in [-0.3, -0.25) is 4.90 Å². The van der Waals surface area contributed by atoms with E-state index in [0.717, 1.165) is 30.9 Å². The SMILES string of the molecule is CCOc1ccccc1COC1CN(Cc2ccccc2)CCO1.Cl. The van der Waals surface area contributed by atoms with Gasteiger partial charge in [-0.05, 0) is 18.6 Å². The second kappa shape index (κ2) is 10.4. The fraction of sp³-hybridized carbons (Fsp3) is 0.400. The van der Waals surface area contributed by atoms with Crippen molar-refractivity contribution >= 4 is 12.4 Å². The quantitative estimate of drug-likeness (QED) is 0.747. The average Bonchev–Trinajstić information content (AvgIpc) is 2.62. The van der Waals surface area contributed by atoms with Crippen molar-refractivity contribution in [2.75, 3.05) is 26.3 Å². The first-order valence-electron chi connectivity index (χ1n) is 8.55. The Kier molecular flexibility index (Phi) is 8.22. The summed E-state index contributed by atoms with van der Waals surface area (Å²) in [5.41, 5.74) is 2.38. The highest BCUT2D eigenvalue weighted by molar-refractivity contribution is 5.85. The molecule has 0 bridgehead atoms. The van der Waals surface area contributed by atoms with Crippen molar-refractivity contribution in [1.82, 2.24) is 4.90 Å². The molecule has 5 heteroatoms. The molecule has 0 aromatic heterocycles. The molecule has 1 aliphatic rings. The molecule has 1 atom stereocenters. The molecule has 25 heavy (non-hydrogen) atoms. The van der Waals surface area contributed by atoms with Gasteiger partial charge < -0.3 is 14.2 Å². The van der Waals surface area contributed by atoms with E-state index < -0.39 is 0 Å². The molecule has 0 spiro atoms. The molecular formula is C20H26ClNO3. The van der Waals surface area contributed by atoms with E-state index in [2.05, 4.69) is 29.2 Å². The zero-order valence-electron chi connectivity index (χ0n) is 14.6. The summed E-state index contributed by atoms with van der Waals surface area (Å²) in [5.74, 6) is 0.886. The van der Waals surface area contributed by atoms with Crippen molar-refractivity contribution in [3.8, 4) is 5.75 Å². The first-order chi connectivity index (χ1) is 11.8. The van der Waals surface area contributed by atoms with E-state index in [0.29, 0.717) is 19.8 Å². The lowest BCUT2D eigenvalue weighted by Gasteiger charge is -2.32. The predicted molar refractivity (Wildman–Crippen MR) is 101 cm³/mol. The maximum Gasteiger partial charge on any atom is 0.170 e. The van der Waals surface area contributed by atoms with Crippen LogP contribution in [0.15, 0.2) is 54.6 Å². The first kappa shape index (κ1) is 19.7. The Morgan fingerprint density at radius 2 is 1.84 bits per heavy atom. The Balaban J connectivity index is 0.00000225. The van der Waals surface area contributed by atoms with Crippen molar-refractivity contribution in [2.45, 2.75) is 26.4 Å². The van der Waals surface area contributed by atoms with Crippen LogP contribution in [0.2, 0.25) is 0 Å². The Morgan fingerprint density at radius 3 is 2.64 bits per heavy atom. The Labute approximate surface area is 156 Å². The van der Waals surface area contributed by atoms with E-state index in [1.807, 2.05) is 37.3 Å². The maximum atomic E-state index is 5.98. The number of hydrogen-bond acceptors (Lipinski definition) is 4. The van der Waals surface area contributed by atoms with Gasteiger partial charge in [-0.15, -0.1) is 12.4 Å². The number of para-hydroxylation sites is 1. The lowest BCUT2D eigenvalue weighted by molar-refractivity contribution is -0.186. The minimum absolute atomic E-state index is 0. The van der Waals surface area contributed by atoms with Crippen LogP contribution >= 0.6 is 12.4 Å². The number of halogens is 1. The van der Waals surface area contributed by atoms with Crippen LogP contribution in [0.1, 0.15) is 18.1 Å². The molecule has 0 N–H and O–H groups in total. The summed E-state index contributed by atoms with van der Waals surface area (Å²) >= 11 is 0. The lowest BCUT2D eigenvalue weighted by Crippen LogP contribution is -2.43. The third kappa shape index (κ3) is 6.01. The summed E-state index contributed by atoms with van der Waals surface area (Å²) < 4.78 is 17.4. The molecule has 1 unspecified atom stereocenters. The second-order valence-electron chi connectivity index (χ2n) is 5.87. The molecule has 0 amide bonds.